The summed E-state index contributed by atoms with van der Waals surface area (Å²) in [6, 6.07) is 19.5. The molecule has 0 unspecified atom stereocenters. The number of pyridine rings is 1. The Hall–Kier alpha value is -3.77. The summed E-state index contributed by atoms with van der Waals surface area (Å²) in [6.45, 7) is 1.99. The Morgan fingerprint density at radius 1 is 1.06 bits per heavy atom. The molecule has 5 aromatic rings. The standard InChI is InChI=1S/C26H20ClN5O/c1-16-22(26(11-12-26)19-9-10-20-18(14-19)8-5-13-28-20)32-23(27)21(15-29-25(32)30-16)31-24(33)17-6-3-2-4-7-17/h2-10,13-15H,11-12H2,1H3,(H,31,33). The second-order valence-electron chi connectivity index (χ2n) is 8.46. The van der Waals surface area contributed by atoms with E-state index in [1.807, 2.05) is 35.6 Å². The zero-order valence-corrected chi connectivity index (χ0v) is 18.7. The van der Waals surface area contributed by atoms with Gasteiger partial charge < -0.3 is 5.32 Å². The number of aromatic nitrogens is 4. The van der Waals surface area contributed by atoms with Crippen LogP contribution in [0, 0.1) is 6.92 Å². The Labute approximate surface area is 195 Å². The fourth-order valence-corrected chi connectivity index (χ4v) is 4.93. The average Bonchev–Trinajstić information content (AvgIpc) is 3.57. The van der Waals surface area contributed by atoms with Gasteiger partial charge in [-0.05, 0) is 55.7 Å². The molecule has 0 radical (unpaired) electrons. The summed E-state index contributed by atoms with van der Waals surface area (Å²) in [7, 11) is 0. The molecule has 6 rings (SSSR count). The molecule has 1 N–H and O–H groups in total. The smallest absolute Gasteiger partial charge is 0.255 e. The SMILES string of the molecule is Cc1nc2ncc(NC(=O)c3ccccc3)c(Cl)n2c1C1(c2ccc3ncccc3c2)CC1. The van der Waals surface area contributed by atoms with Gasteiger partial charge >= 0.3 is 0 Å². The second kappa shape index (κ2) is 7.39. The molecule has 0 spiro atoms. The zero-order chi connectivity index (χ0) is 22.6. The van der Waals surface area contributed by atoms with Crippen LogP contribution in [0.15, 0.2) is 73.1 Å². The van der Waals surface area contributed by atoms with Crippen molar-refractivity contribution < 1.29 is 4.79 Å². The number of carbonyl (C=O) groups is 1. The predicted molar refractivity (Wildman–Crippen MR) is 129 cm³/mol. The number of imidazole rings is 1. The Morgan fingerprint density at radius 2 is 1.88 bits per heavy atom. The van der Waals surface area contributed by atoms with Gasteiger partial charge in [0.05, 0.1) is 28.8 Å². The van der Waals surface area contributed by atoms with Crippen molar-refractivity contribution >= 4 is 39.9 Å². The molecule has 1 aliphatic rings. The van der Waals surface area contributed by atoms with Crippen molar-refractivity contribution in [3.05, 3.63) is 101 Å². The van der Waals surface area contributed by atoms with Crippen LogP contribution in [0.2, 0.25) is 5.15 Å². The molecule has 3 heterocycles. The highest BCUT2D eigenvalue weighted by atomic mass is 35.5. The molecule has 0 aliphatic heterocycles. The summed E-state index contributed by atoms with van der Waals surface area (Å²) in [5.41, 5.74) is 4.91. The topological polar surface area (TPSA) is 72.2 Å². The number of benzene rings is 2. The minimum absolute atomic E-state index is 0.194. The van der Waals surface area contributed by atoms with Crippen molar-refractivity contribution in [3.63, 3.8) is 0 Å². The third kappa shape index (κ3) is 3.17. The molecule has 1 fully saturated rings. The van der Waals surface area contributed by atoms with Gasteiger partial charge in [0.15, 0.2) is 0 Å². The molecule has 33 heavy (non-hydrogen) atoms. The molecule has 162 valence electrons. The van der Waals surface area contributed by atoms with Crippen LogP contribution in [-0.4, -0.2) is 25.3 Å². The highest BCUT2D eigenvalue weighted by molar-refractivity contribution is 6.33. The Bertz CT molecular complexity index is 1540. The van der Waals surface area contributed by atoms with Gasteiger partial charge in [0.2, 0.25) is 5.78 Å². The summed E-state index contributed by atoms with van der Waals surface area (Å²) in [5.74, 6) is 0.291. The molecule has 0 saturated heterocycles. The van der Waals surface area contributed by atoms with Crippen molar-refractivity contribution in [3.8, 4) is 0 Å². The van der Waals surface area contributed by atoms with Gasteiger partial charge in [-0.25, -0.2) is 9.97 Å². The van der Waals surface area contributed by atoms with E-state index in [0.717, 1.165) is 35.1 Å². The molecule has 0 atom stereocenters. The number of carbonyl (C=O) groups excluding carboxylic acids is 1. The minimum Gasteiger partial charge on any atom is -0.318 e. The monoisotopic (exact) mass is 453 g/mol. The van der Waals surface area contributed by atoms with Crippen molar-refractivity contribution in [2.24, 2.45) is 0 Å². The maximum Gasteiger partial charge on any atom is 0.255 e. The number of hydrogen-bond donors (Lipinski definition) is 1. The van der Waals surface area contributed by atoms with Gasteiger partial charge in [0.25, 0.3) is 5.91 Å². The summed E-state index contributed by atoms with van der Waals surface area (Å²) < 4.78 is 1.89. The van der Waals surface area contributed by atoms with Crippen LogP contribution in [-0.2, 0) is 5.41 Å². The van der Waals surface area contributed by atoms with Crippen LogP contribution in [0.4, 0.5) is 5.69 Å². The van der Waals surface area contributed by atoms with E-state index in [-0.39, 0.29) is 11.3 Å². The lowest BCUT2D eigenvalue weighted by Gasteiger charge is -2.19. The van der Waals surface area contributed by atoms with E-state index in [1.165, 1.54) is 5.56 Å². The van der Waals surface area contributed by atoms with Crippen molar-refractivity contribution in [1.29, 1.82) is 0 Å². The summed E-state index contributed by atoms with van der Waals surface area (Å²) in [6.07, 6.45) is 5.35. The maximum atomic E-state index is 12.7. The van der Waals surface area contributed by atoms with E-state index in [9.17, 15) is 4.79 Å². The molecule has 1 saturated carbocycles. The fraction of sp³-hybridized carbons (Fsp3) is 0.154. The zero-order valence-electron chi connectivity index (χ0n) is 17.9. The number of anilines is 1. The number of fused-ring (bicyclic) bond motifs is 2. The third-order valence-corrected chi connectivity index (χ3v) is 6.78. The summed E-state index contributed by atoms with van der Waals surface area (Å²) in [5, 5.41) is 4.40. The number of amides is 1. The first-order valence-electron chi connectivity index (χ1n) is 10.8. The normalized spacial score (nSPS) is 14.5. The highest BCUT2D eigenvalue weighted by Gasteiger charge is 2.49. The van der Waals surface area contributed by atoms with E-state index in [2.05, 4.69) is 44.5 Å². The average molecular weight is 454 g/mol. The van der Waals surface area contributed by atoms with Crippen LogP contribution in [0.3, 0.4) is 0 Å². The van der Waals surface area contributed by atoms with Gasteiger partial charge in [-0.15, -0.1) is 0 Å². The number of aryl methyl sites for hydroxylation is 1. The van der Waals surface area contributed by atoms with Gasteiger partial charge in [0.1, 0.15) is 5.15 Å². The molecular weight excluding hydrogens is 434 g/mol. The van der Waals surface area contributed by atoms with Gasteiger partial charge in [-0.3, -0.25) is 14.2 Å². The lowest BCUT2D eigenvalue weighted by molar-refractivity contribution is 0.102. The molecule has 1 amide bonds. The van der Waals surface area contributed by atoms with Crippen LogP contribution < -0.4 is 5.32 Å². The van der Waals surface area contributed by atoms with Crippen LogP contribution >= 0.6 is 11.6 Å². The Morgan fingerprint density at radius 3 is 2.67 bits per heavy atom. The number of nitrogens with one attached hydrogen (secondary N) is 1. The minimum atomic E-state index is -0.236. The van der Waals surface area contributed by atoms with Gasteiger partial charge in [-0.1, -0.05) is 41.9 Å². The van der Waals surface area contributed by atoms with Crippen molar-refractivity contribution in [2.45, 2.75) is 25.2 Å². The quantitative estimate of drug-likeness (QED) is 0.361. The van der Waals surface area contributed by atoms with Crippen molar-refractivity contribution in [2.75, 3.05) is 5.32 Å². The lowest BCUT2D eigenvalue weighted by atomic mass is 9.90. The number of rotatable bonds is 4. The van der Waals surface area contributed by atoms with E-state index in [4.69, 9.17) is 11.6 Å². The molecule has 1 aliphatic carbocycles. The first-order chi connectivity index (χ1) is 16.1. The Kier molecular flexibility index (Phi) is 4.45. The summed E-state index contributed by atoms with van der Waals surface area (Å²) in [4.78, 5) is 26.4. The fourth-order valence-electron chi connectivity index (χ4n) is 4.67. The third-order valence-electron chi connectivity index (χ3n) is 6.40. The van der Waals surface area contributed by atoms with E-state index in [0.29, 0.717) is 22.2 Å². The van der Waals surface area contributed by atoms with Gasteiger partial charge in [-0.2, -0.15) is 0 Å². The molecule has 2 aromatic carbocycles. The molecule has 3 aromatic heterocycles. The highest BCUT2D eigenvalue weighted by Crippen LogP contribution is 2.55. The number of halogens is 1. The van der Waals surface area contributed by atoms with E-state index < -0.39 is 0 Å². The largest absolute Gasteiger partial charge is 0.318 e. The van der Waals surface area contributed by atoms with E-state index in [1.54, 1.807) is 24.5 Å². The Balaban J connectivity index is 1.46. The van der Waals surface area contributed by atoms with Crippen molar-refractivity contribution in [1.82, 2.24) is 19.4 Å². The van der Waals surface area contributed by atoms with Crippen LogP contribution in [0.1, 0.15) is 40.2 Å². The molecular formula is C26H20ClN5O. The molecule has 0 bridgehead atoms. The predicted octanol–water partition coefficient (Wildman–Crippen LogP) is 5.57. The second-order valence-corrected chi connectivity index (χ2v) is 8.82. The number of hydrogen-bond acceptors (Lipinski definition) is 4. The number of nitrogens with zero attached hydrogens (tertiary/aromatic N) is 4. The molecule has 7 heteroatoms. The summed E-state index contributed by atoms with van der Waals surface area (Å²) >= 11 is 6.87. The first kappa shape index (κ1) is 19.9. The molecule has 6 nitrogen and oxygen atoms in total. The van der Waals surface area contributed by atoms with Crippen LogP contribution in [0.5, 0.6) is 0 Å². The lowest BCUT2D eigenvalue weighted by Crippen LogP contribution is -2.16. The van der Waals surface area contributed by atoms with Crippen LogP contribution in [0.25, 0.3) is 16.7 Å². The first-order valence-corrected chi connectivity index (χ1v) is 11.2. The maximum absolute atomic E-state index is 12.7. The van der Waals surface area contributed by atoms with Gasteiger partial charge in [0, 0.05) is 22.6 Å². The van der Waals surface area contributed by atoms with E-state index >= 15 is 0 Å².